The third-order valence-electron chi connectivity index (χ3n) is 4.75. The highest BCUT2D eigenvalue weighted by molar-refractivity contribution is 8.00. The lowest BCUT2D eigenvalue weighted by Crippen LogP contribution is -2.36. The number of nitrogens with one attached hydrogen (secondary N) is 3. The van der Waals surface area contributed by atoms with E-state index in [9.17, 15) is 14.7 Å². The number of fused-ring (bicyclic) bond motifs is 1. The van der Waals surface area contributed by atoms with E-state index in [4.69, 9.17) is 0 Å². The summed E-state index contributed by atoms with van der Waals surface area (Å²) in [7, 11) is 0. The second-order valence-electron chi connectivity index (χ2n) is 6.63. The summed E-state index contributed by atoms with van der Waals surface area (Å²) >= 11 is 1.91. The maximum Gasteiger partial charge on any atom is 0.315 e. The largest absolute Gasteiger partial charge is 0.508 e. The highest BCUT2D eigenvalue weighted by atomic mass is 32.2. The molecule has 3 rings (SSSR count). The molecule has 2 heterocycles. The van der Waals surface area contributed by atoms with Crippen molar-refractivity contribution in [1.82, 2.24) is 16.0 Å². The number of benzene rings is 1. The van der Waals surface area contributed by atoms with Crippen molar-refractivity contribution in [1.29, 1.82) is 0 Å². The number of thioether (sulfide) groups is 1. The molecule has 2 aliphatic rings. The number of hydrogen-bond donors (Lipinski definition) is 4. The molecule has 6 nitrogen and oxygen atoms in total. The van der Waals surface area contributed by atoms with Crippen LogP contribution >= 0.6 is 11.8 Å². The van der Waals surface area contributed by atoms with Crippen LogP contribution in [0.3, 0.4) is 0 Å². The first-order valence-corrected chi connectivity index (χ1v) is 9.90. The molecule has 4 N–H and O–H groups in total. The van der Waals surface area contributed by atoms with Gasteiger partial charge in [0.15, 0.2) is 0 Å². The van der Waals surface area contributed by atoms with Crippen molar-refractivity contribution in [2.24, 2.45) is 0 Å². The van der Waals surface area contributed by atoms with Gasteiger partial charge in [-0.1, -0.05) is 18.6 Å². The minimum Gasteiger partial charge on any atom is -0.508 e. The molecule has 25 heavy (non-hydrogen) atoms. The molecule has 0 aromatic heterocycles. The summed E-state index contributed by atoms with van der Waals surface area (Å²) in [5.41, 5.74) is 1.10. The first-order chi connectivity index (χ1) is 12.1. The molecule has 0 spiro atoms. The summed E-state index contributed by atoms with van der Waals surface area (Å²) in [5.74, 6) is 1.32. The van der Waals surface area contributed by atoms with E-state index in [-0.39, 0.29) is 29.8 Å². The molecule has 0 bridgehead atoms. The molecule has 0 saturated carbocycles. The topological polar surface area (TPSA) is 90.5 Å². The monoisotopic (exact) mass is 363 g/mol. The van der Waals surface area contributed by atoms with Crippen molar-refractivity contribution >= 4 is 23.7 Å². The molecular formula is C18H25N3O3S. The van der Waals surface area contributed by atoms with Crippen molar-refractivity contribution in [2.45, 2.75) is 49.4 Å². The number of aromatic hydroxyl groups is 1. The Morgan fingerprint density at radius 2 is 2.04 bits per heavy atom. The maximum absolute atomic E-state index is 11.9. The van der Waals surface area contributed by atoms with Gasteiger partial charge in [-0.25, -0.2) is 4.79 Å². The van der Waals surface area contributed by atoms with Gasteiger partial charge in [-0.2, -0.15) is 11.8 Å². The highest BCUT2D eigenvalue weighted by Gasteiger charge is 2.42. The van der Waals surface area contributed by atoms with E-state index in [0.29, 0.717) is 18.2 Å². The molecule has 2 saturated heterocycles. The van der Waals surface area contributed by atoms with Gasteiger partial charge in [0.1, 0.15) is 5.75 Å². The van der Waals surface area contributed by atoms with Gasteiger partial charge in [0.25, 0.3) is 0 Å². The number of urea groups is 1. The first-order valence-electron chi connectivity index (χ1n) is 8.85. The summed E-state index contributed by atoms with van der Waals surface area (Å²) in [6, 6.07) is 7.52. The minimum atomic E-state index is -0.0479. The molecule has 3 amide bonds. The van der Waals surface area contributed by atoms with E-state index in [0.717, 1.165) is 37.0 Å². The Hall–Kier alpha value is -1.89. The zero-order valence-corrected chi connectivity index (χ0v) is 15.0. The summed E-state index contributed by atoms with van der Waals surface area (Å²) < 4.78 is 0. The average molecular weight is 363 g/mol. The Morgan fingerprint density at radius 3 is 2.84 bits per heavy atom. The zero-order chi connectivity index (χ0) is 17.6. The number of phenolic OH excluding ortho intramolecular Hbond substituents is 1. The number of amides is 3. The number of rotatable bonds is 8. The van der Waals surface area contributed by atoms with Crippen LogP contribution in [0.5, 0.6) is 5.75 Å². The van der Waals surface area contributed by atoms with Crippen LogP contribution in [0.4, 0.5) is 4.79 Å². The molecule has 1 aromatic rings. The van der Waals surface area contributed by atoms with E-state index in [1.54, 1.807) is 12.1 Å². The fourth-order valence-corrected chi connectivity index (χ4v) is 4.91. The van der Waals surface area contributed by atoms with Crippen LogP contribution < -0.4 is 16.0 Å². The second-order valence-corrected chi connectivity index (χ2v) is 7.91. The molecule has 3 atom stereocenters. The Balaban J connectivity index is 1.26. The minimum absolute atomic E-state index is 0.0479. The van der Waals surface area contributed by atoms with Crippen molar-refractivity contribution in [3.63, 3.8) is 0 Å². The van der Waals surface area contributed by atoms with Gasteiger partial charge in [-0.3, -0.25) is 4.79 Å². The van der Waals surface area contributed by atoms with Crippen molar-refractivity contribution in [3.05, 3.63) is 29.8 Å². The van der Waals surface area contributed by atoms with Gasteiger partial charge >= 0.3 is 6.03 Å². The smallest absolute Gasteiger partial charge is 0.315 e. The van der Waals surface area contributed by atoms with Crippen LogP contribution in [0, 0.1) is 0 Å². The lowest BCUT2D eigenvalue weighted by molar-refractivity contribution is -0.121. The van der Waals surface area contributed by atoms with E-state index in [1.165, 1.54) is 0 Å². The highest BCUT2D eigenvalue weighted by Crippen LogP contribution is 2.33. The fraction of sp³-hybridized carbons (Fsp3) is 0.556. The summed E-state index contributed by atoms with van der Waals surface area (Å²) in [5, 5.41) is 18.6. The SMILES string of the molecule is O=C(CCCC[C@@H]1SCC2NC(=O)NC21)NCCc1ccc(O)cc1. The molecule has 0 aliphatic carbocycles. The number of carbonyl (C=O) groups excluding carboxylic acids is 2. The second kappa shape index (κ2) is 8.47. The Kier molecular flexibility index (Phi) is 6.07. The average Bonchev–Trinajstić information content (AvgIpc) is 3.13. The standard InChI is InChI=1S/C18H25N3O3S/c22-13-7-5-12(6-8-13)9-10-19-16(23)4-2-1-3-15-17-14(11-25-15)20-18(24)21-17/h5-8,14-15,17,22H,1-4,9-11H2,(H,19,23)(H2,20,21,24)/t14?,15-,17?/m0/s1. The maximum atomic E-state index is 11.9. The molecule has 0 radical (unpaired) electrons. The van der Waals surface area contributed by atoms with E-state index >= 15 is 0 Å². The molecule has 2 unspecified atom stereocenters. The van der Waals surface area contributed by atoms with Gasteiger partial charge in [0.05, 0.1) is 12.1 Å². The fourth-order valence-electron chi connectivity index (χ4n) is 3.37. The van der Waals surface area contributed by atoms with E-state index in [1.807, 2.05) is 23.9 Å². The third kappa shape index (κ3) is 5.04. The van der Waals surface area contributed by atoms with E-state index < -0.39 is 0 Å². The normalized spacial score (nSPS) is 24.5. The Labute approximate surface area is 152 Å². The third-order valence-corrected chi connectivity index (χ3v) is 6.26. The van der Waals surface area contributed by atoms with Crippen LogP contribution in [-0.4, -0.2) is 46.7 Å². The molecule has 2 aliphatic heterocycles. The van der Waals surface area contributed by atoms with Crippen molar-refractivity contribution in [2.75, 3.05) is 12.3 Å². The summed E-state index contributed by atoms with van der Waals surface area (Å²) in [6.07, 6.45) is 4.23. The van der Waals surface area contributed by atoms with Crippen LogP contribution in [0.2, 0.25) is 0 Å². The summed E-state index contributed by atoms with van der Waals surface area (Å²) in [6.45, 7) is 0.615. The van der Waals surface area contributed by atoms with Crippen LogP contribution in [-0.2, 0) is 11.2 Å². The quantitative estimate of drug-likeness (QED) is 0.419. The van der Waals surface area contributed by atoms with Crippen LogP contribution in [0.15, 0.2) is 24.3 Å². The molecule has 1 aromatic carbocycles. The first kappa shape index (κ1) is 17.9. The zero-order valence-electron chi connectivity index (χ0n) is 14.2. The summed E-state index contributed by atoms with van der Waals surface area (Å²) in [4.78, 5) is 23.2. The number of hydrogen-bond acceptors (Lipinski definition) is 4. The molecule has 136 valence electrons. The van der Waals surface area contributed by atoms with Gasteiger partial charge in [-0.05, 0) is 37.0 Å². The predicted molar refractivity (Wildman–Crippen MR) is 98.8 cm³/mol. The lowest BCUT2D eigenvalue weighted by Gasteiger charge is -2.16. The number of unbranched alkanes of at least 4 members (excludes halogenated alkanes) is 1. The number of phenols is 1. The number of carbonyl (C=O) groups is 2. The van der Waals surface area contributed by atoms with Crippen LogP contribution in [0.1, 0.15) is 31.2 Å². The van der Waals surface area contributed by atoms with Crippen molar-refractivity contribution < 1.29 is 14.7 Å². The van der Waals surface area contributed by atoms with Gasteiger partial charge in [-0.15, -0.1) is 0 Å². The molecule has 7 heteroatoms. The van der Waals surface area contributed by atoms with Gasteiger partial charge < -0.3 is 21.1 Å². The Morgan fingerprint density at radius 1 is 1.24 bits per heavy atom. The molecular weight excluding hydrogens is 338 g/mol. The predicted octanol–water partition coefficient (Wildman–Crippen LogP) is 1.78. The van der Waals surface area contributed by atoms with Gasteiger partial charge in [0.2, 0.25) is 5.91 Å². The lowest BCUT2D eigenvalue weighted by atomic mass is 10.0. The van der Waals surface area contributed by atoms with Crippen molar-refractivity contribution in [3.8, 4) is 5.75 Å². The van der Waals surface area contributed by atoms with Gasteiger partial charge in [0, 0.05) is 24.0 Å². The van der Waals surface area contributed by atoms with Crippen LogP contribution in [0.25, 0.3) is 0 Å². The Bertz CT molecular complexity index is 608. The van der Waals surface area contributed by atoms with E-state index in [2.05, 4.69) is 16.0 Å². The molecule has 2 fully saturated rings.